The van der Waals surface area contributed by atoms with Gasteiger partial charge in [0, 0.05) is 23.1 Å². The molecule has 0 fully saturated rings. The van der Waals surface area contributed by atoms with E-state index in [9.17, 15) is 14.4 Å². The molecule has 7 heteroatoms. The van der Waals surface area contributed by atoms with Crippen molar-refractivity contribution in [3.8, 4) is 0 Å². The Bertz CT molecular complexity index is 738. The van der Waals surface area contributed by atoms with E-state index in [0.29, 0.717) is 5.56 Å². The largest absolute Gasteiger partial charge is 0.478 e. The van der Waals surface area contributed by atoms with Crippen LogP contribution in [0.25, 0.3) is 6.08 Å². The Labute approximate surface area is 111 Å². The van der Waals surface area contributed by atoms with E-state index in [2.05, 4.69) is 5.10 Å². The minimum Gasteiger partial charge on any atom is -0.478 e. The number of carboxylic acids is 1. The van der Waals surface area contributed by atoms with Gasteiger partial charge in [-0.05, 0) is 23.1 Å². The Hall–Kier alpha value is -2.41. The molecular weight excluding hydrogens is 268 g/mol. The fraction of sp³-hybridized carbons (Fsp3) is 0.0833. The summed E-state index contributed by atoms with van der Waals surface area (Å²) in [6, 6.07) is 4.11. The maximum atomic E-state index is 11.6. The molecule has 0 unspecified atom stereocenters. The summed E-state index contributed by atoms with van der Waals surface area (Å²) in [5.74, 6) is -1.04. The third-order valence-corrected chi connectivity index (χ3v) is 3.30. The topological polar surface area (TPSA) is 92.2 Å². The normalized spacial score (nSPS) is 10.9. The van der Waals surface area contributed by atoms with Crippen molar-refractivity contribution in [2.75, 3.05) is 0 Å². The lowest BCUT2D eigenvalue weighted by molar-refractivity contribution is -0.131. The van der Waals surface area contributed by atoms with Crippen LogP contribution in [0.1, 0.15) is 10.4 Å². The molecule has 0 aliphatic rings. The number of hydrogen-bond donors (Lipinski definition) is 2. The minimum absolute atomic E-state index is 0.200. The number of H-pyrrole nitrogens is 1. The van der Waals surface area contributed by atoms with E-state index in [4.69, 9.17) is 5.11 Å². The van der Waals surface area contributed by atoms with E-state index in [1.807, 2.05) is 0 Å². The summed E-state index contributed by atoms with van der Waals surface area (Å²) in [6.07, 6.45) is 2.49. The van der Waals surface area contributed by atoms with Gasteiger partial charge >= 0.3 is 5.97 Å². The van der Waals surface area contributed by atoms with E-state index in [1.165, 1.54) is 34.2 Å². The van der Waals surface area contributed by atoms with Crippen molar-refractivity contribution >= 4 is 23.4 Å². The number of aromatic nitrogens is 2. The quantitative estimate of drug-likeness (QED) is 0.807. The van der Waals surface area contributed by atoms with Crippen LogP contribution in [-0.2, 0) is 11.3 Å². The molecule has 2 N–H and O–H groups in total. The highest BCUT2D eigenvalue weighted by molar-refractivity contribution is 7.10. The van der Waals surface area contributed by atoms with Crippen LogP contribution in [0.3, 0.4) is 0 Å². The van der Waals surface area contributed by atoms with Crippen LogP contribution in [-0.4, -0.2) is 20.9 Å². The van der Waals surface area contributed by atoms with Gasteiger partial charge in [0.05, 0.1) is 6.54 Å². The van der Waals surface area contributed by atoms with Crippen molar-refractivity contribution in [3.05, 3.63) is 60.8 Å². The molecule has 0 aromatic carbocycles. The first kappa shape index (κ1) is 13.0. The summed E-state index contributed by atoms with van der Waals surface area (Å²) in [5.41, 5.74) is 0.0314. The Balaban J connectivity index is 2.32. The third-order valence-electron chi connectivity index (χ3n) is 2.38. The zero-order valence-electron chi connectivity index (χ0n) is 9.70. The Morgan fingerprint density at radius 2 is 2.16 bits per heavy atom. The number of nitrogens with one attached hydrogen (secondary N) is 1. The van der Waals surface area contributed by atoms with Gasteiger partial charge in [-0.3, -0.25) is 14.7 Å². The van der Waals surface area contributed by atoms with Crippen LogP contribution in [0.15, 0.2) is 39.2 Å². The maximum Gasteiger partial charge on any atom is 0.328 e. The average molecular weight is 278 g/mol. The highest BCUT2D eigenvalue weighted by Crippen LogP contribution is 2.18. The monoisotopic (exact) mass is 278 g/mol. The summed E-state index contributed by atoms with van der Waals surface area (Å²) in [6.45, 7) is 0.200. The summed E-state index contributed by atoms with van der Waals surface area (Å²) in [4.78, 5) is 34.0. The number of hydrogen-bond acceptors (Lipinski definition) is 4. The van der Waals surface area contributed by atoms with Crippen molar-refractivity contribution in [3.63, 3.8) is 0 Å². The number of carboxylic acid groups (broad SMARTS) is 1. The molecular formula is C12H10N2O4S. The molecule has 0 spiro atoms. The molecule has 98 valence electrons. The smallest absolute Gasteiger partial charge is 0.328 e. The van der Waals surface area contributed by atoms with Crippen molar-refractivity contribution in [2.24, 2.45) is 0 Å². The summed E-state index contributed by atoms with van der Waals surface area (Å²) in [7, 11) is 0. The lowest BCUT2D eigenvalue weighted by Crippen LogP contribution is -2.28. The van der Waals surface area contributed by atoms with Gasteiger partial charge in [0.15, 0.2) is 0 Å². The molecule has 0 radical (unpaired) electrons. The number of aromatic amines is 1. The maximum absolute atomic E-state index is 11.6. The van der Waals surface area contributed by atoms with Crippen molar-refractivity contribution in [1.29, 1.82) is 0 Å². The highest BCUT2D eigenvalue weighted by atomic mass is 32.1. The summed E-state index contributed by atoms with van der Waals surface area (Å²) >= 11 is 1.38. The lowest BCUT2D eigenvalue weighted by Gasteiger charge is -2.03. The van der Waals surface area contributed by atoms with Crippen molar-refractivity contribution in [1.82, 2.24) is 9.78 Å². The molecule has 0 saturated heterocycles. The second-order valence-electron chi connectivity index (χ2n) is 3.70. The van der Waals surface area contributed by atoms with Gasteiger partial charge in [-0.25, -0.2) is 9.48 Å². The minimum atomic E-state index is -1.04. The first-order valence-electron chi connectivity index (χ1n) is 5.34. The predicted molar refractivity (Wildman–Crippen MR) is 71.4 cm³/mol. The molecule has 0 amide bonds. The molecule has 0 saturated carbocycles. The molecule has 19 heavy (non-hydrogen) atoms. The van der Waals surface area contributed by atoms with E-state index in [1.54, 1.807) is 11.4 Å². The summed E-state index contributed by atoms with van der Waals surface area (Å²) < 4.78 is 1.19. The first-order valence-corrected chi connectivity index (χ1v) is 6.22. The standard InChI is InChI=1S/C12H10N2O4S/c15-10-2-3-11(16)14(13-10)7-9-8(5-6-19-9)1-4-12(17)18/h1-6H,7H2,(H,13,15)(H,17,18). The number of rotatable bonds is 4. The van der Waals surface area contributed by atoms with Gasteiger partial charge in [-0.2, -0.15) is 0 Å². The number of carbonyl (C=O) groups is 1. The van der Waals surface area contributed by atoms with Crippen LogP contribution in [0, 0.1) is 0 Å². The molecule has 2 heterocycles. The van der Waals surface area contributed by atoms with Gasteiger partial charge in [-0.1, -0.05) is 0 Å². The summed E-state index contributed by atoms with van der Waals surface area (Å²) in [5, 5.41) is 12.8. The molecule has 0 aliphatic heterocycles. The number of thiophene rings is 1. The predicted octanol–water partition coefficient (Wildman–Crippen LogP) is 0.744. The highest BCUT2D eigenvalue weighted by Gasteiger charge is 2.05. The van der Waals surface area contributed by atoms with Crippen LogP contribution >= 0.6 is 11.3 Å². The second kappa shape index (κ2) is 5.49. The van der Waals surface area contributed by atoms with E-state index < -0.39 is 5.97 Å². The Kier molecular flexibility index (Phi) is 3.76. The average Bonchev–Trinajstić information content (AvgIpc) is 2.79. The molecule has 2 rings (SSSR count). The molecule has 0 aliphatic carbocycles. The van der Waals surface area contributed by atoms with E-state index in [0.717, 1.165) is 11.0 Å². The fourth-order valence-corrected chi connectivity index (χ4v) is 2.37. The van der Waals surface area contributed by atoms with Gasteiger partial charge in [0.2, 0.25) is 0 Å². The van der Waals surface area contributed by atoms with Crippen LogP contribution < -0.4 is 11.1 Å². The van der Waals surface area contributed by atoms with Gasteiger partial charge in [-0.15, -0.1) is 11.3 Å². The van der Waals surface area contributed by atoms with E-state index in [-0.39, 0.29) is 17.7 Å². The molecule has 2 aromatic heterocycles. The third kappa shape index (κ3) is 3.29. The van der Waals surface area contributed by atoms with Gasteiger partial charge < -0.3 is 5.11 Å². The molecule has 0 bridgehead atoms. The Morgan fingerprint density at radius 3 is 2.89 bits per heavy atom. The Morgan fingerprint density at radius 1 is 1.37 bits per heavy atom. The van der Waals surface area contributed by atoms with E-state index >= 15 is 0 Å². The molecule has 6 nitrogen and oxygen atoms in total. The number of nitrogens with zero attached hydrogens (tertiary/aromatic N) is 1. The molecule has 2 aromatic rings. The first-order chi connectivity index (χ1) is 9.06. The van der Waals surface area contributed by atoms with Crippen LogP contribution in [0.4, 0.5) is 0 Å². The molecule has 0 atom stereocenters. The second-order valence-corrected chi connectivity index (χ2v) is 4.71. The lowest BCUT2D eigenvalue weighted by atomic mass is 10.2. The SMILES string of the molecule is O=C(O)C=Cc1ccsc1Cn1[nH]c(=O)ccc1=O. The van der Waals surface area contributed by atoms with Crippen molar-refractivity contribution < 1.29 is 9.90 Å². The van der Waals surface area contributed by atoms with Gasteiger partial charge in [0.25, 0.3) is 11.1 Å². The zero-order valence-corrected chi connectivity index (χ0v) is 10.5. The number of aliphatic carboxylic acids is 1. The van der Waals surface area contributed by atoms with Crippen LogP contribution in [0.5, 0.6) is 0 Å². The van der Waals surface area contributed by atoms with Crippen molar-refractivity contribution in [2.45, 2.75) is 6.54 Å². The fourth-order valence-electron chi connectivity index (χ4n) is 1.51. The van der Waals surface area contributed by atoms with Crippen LogP contribution in [0.2, 0.25) is 0 Å². The zero-order chi connectivity index (χ0) is 13.8. The van der Waals surface area contributed by atoms with Gasteiger partial charge in [0.1, 0.15) is 0 Å².